The first kappa shape index (κ1) is 18.0. The van der Waals surface area contributed by atoms with Crippen LogP contribution in [0.1, 0.15) is 38.5 Å². The molecule has 1 saturated carbocycles. The van der Waals surface area contributed by atoms with E-state index in [4.69, 9.17) is 4.74 Å². The van der Waals surface area contributed by atoms with E-state index in [1.54, 1.807) is 0 Å². The van der Waals surface area contributed by atoms with Crippen LogP contribution < -0.4 is 5.32 Å². The maximum absolute atomic E-state index is 12.5. The van der Waals surface area contributed by atoms with Gasteiger partial charge in [0.2, 0.25) is 5.91 Å². The normalized spacial score (nSPS) is 19.6. The molecular formula is C20H25BrN2O3. The average Bonchev–Trinajstić information content (AvgIpc) is 3.20. The van der Waals surface area contributed by atoms with Crippen molar-refractivity contribution >= 4 is 38.4 Å². The lowest BCUT2D eigenvalue weighted by Gasteiger charge is -2.36. The highest BCUT2D eigenvalue weighted by Crippen LogP contribution is 2.34. The molecule has 2 heterocycles. The van der Waals surface area contributed by atoms with Crippen LogP contribution in [0.3, 0.4) is 0 Å². The number of anilines is 1. The molecule has 2 aromatic rings. The van der Waals surface area contributed by atoms with Crippen LogP contribution in [0, 0.1) is 5.92 Å². The Hall–Kier alpha value is -1.37. The van der Waals surface area contributed by atoms with Gasteiger partial charge in [0.1, 0.15) is 5.60 Å². The fraction of sp³-hybridized carbons (Fsp3) is 0.550. The number of aromatic nitrogens is 1. The maximum Gasteiger partial charge on any atom is 0.224 e. The van der Waals surface area contributed by atoms with Gasteiger partial charge in [-0.1, -0.05) is 34.8 Å². The van der Waals surface area contributed by atoms with Gasteiger partial charge in [-0.15, -0.1) is 0 Å². The molecule has 1 aromatic heterocycles. The van der Waals surface area contributed by atoms with Crippen molar-refractivity contribution in [1.29, 1.82) is 0 Å². The molecule has 1 aliphatic heterocycles. The van der Waals surface area contributed by atoms with Gasteiger partial charge in [0.25, 0.3) is 0 Å². The van der Waals surface area contributed by atoms with E-state index in [9.17, 15) is 9.90 Å². The molecule has 0 bridgehead atoms. The monoisotopic (exact) mass is 420 g/mol. The quantitative estimate of drug-likeness (QED) is 0.739. The first-order valence-electron chi connectivity index (χ1n) is 9.41. The van der Waals surface area contributed by atoms with Crippen LogP contribution in [0.4, 0.5) is 5.69 Å². The third-order valence-electron chi connectivity index (χ3n) is 5.64. The summed E-state index contributed by atoms with van der Waals surface area (Å²) >= 11 is 3.62. The van der Waals surface area contributed by atoms with Gasteiger partial charge < -0.3 is 19.7 Å². The number of fused-ring (bicyclic) bond motifs is 1. The molecule has 1 aromatic carbocycles. The van der Waals surface area contributed by atoms with E-state index in [0.717, 1.165) is 21.1 Å². The van der Waals surface area contributed by atoms with Crippen molar-refractivity contribution in [2.24, 2.45) is 5.92 Å². The Morgan fingerprint density at radius 1 is 1.35 bits per heavy atom. The van der Waals surface area contributed by atoms with Gasteiger partial charge in [0.15, 0.2) is 0 Å². The lowest BCUT2D eigenvalue weighted by molar-refractivity contribution is -0.182. The van der Waals surface area contributed by atoms with Crippen molar-refractivity contribution in [2.45, 2.75) is 50.7 Å². The summed E-state index contributed by atoms with van der Waals surface area (Å²) in [5.74, 6) is 0.623. The molecule has 1 aliphatic carbocycles. The van der Waals surface area contributed by atoms with Gasteiger partial charge in [-0.2, -0.15) is 0 Å². The second-order valence-corrected chi connectivity index (χ2v) is 8.59. The number of benzene rings is 1. The standard InChI is InChI=1S/C20H25BrN2O3/c21-15-6-3-7-17-19(15)16(22-18(24)10-14-4-1-2-5-14)11-23(17)9-8-20(25)12-26-13-20/h3,6-7,11,14,25H,1-2,4-5,8-10,12-13H2,(H,22,24). The molecule has 2 fully saturated rings. The number of ether oxygens (including phenoxy) is 1. The summed E-state index contributed by atoms with van der Waals surface area (Å²) in [6.45, 7) is 1.49. The molecule has 0 atom stereocenters. The fourth-order valence-electron chi connectivity index (χ4n) is 4.08. The van der Waals surface area contributed by atoms with Crippen molar-refractivity contribution in [3.05, 3.63) is 28.9 Å². The fourth-order valence-corrected chi connectivity index (χ4v) is 4.65. The first-order chi connectivity index (χ1) is 12.5. The average molecular weight is 421 g/mol. The summed E-state index contributed by atoms with van der Waals surface area (Å²) in [4.78, 5) is 12.5. The lowest BCUT2D eigenvalue weighted by atomic mass is 9.98. The van der Waals surface area contributed by atoms with Crippen molar-refractivity contribution in [3.63, 3.8) is 0 Å². The van der Waals surface area contributed by atoms with E-state index in [-0.39, 0.29) is 5.91 Å². The largest absolute Gasteiger partial charge is 0.385 e. The minimum absolute atomic E-state index is 0.0951. The second-order valence-electron chi connectivity index (χ2n) is 7.74. The number of nitrogens with one attached hydrogen (secondary N) is 1. The van der Waals surface area contributed by atoms with Gasteiger partial charge >= 0.3 is 0 Å². The lowest BCUT2D eigenvalue weighted by Crippen LogP contribution is -2.50. The number of amides is 1. The Kier molecular flexibility index (Phi) is 5.08. The molecule has 26 heavy (non-hydrogen) atoms. The molecule has 0 spiro atoms. The van der Waals surface area contributed by atoms with Crippen LogP contribution in [0.15, 0.2) is 28.9 Å². The Balaban J connectivity index is 1.54. The topological polar surface area (TPSA) is 63.5 Å². The van der Waals surface area contributed by atoms with Crippen LogP contribution in [-0.4, -0.2) is 34.4 Å². The smallest absolute Gasteiger partial charge is 0.224 e. The van der Waals surface area contributed by atoms with Gasteiger partial charge in [0.05, 0.1) is 24.4 Å². The first-order valence-corrected chi connectivity index (χ1v) is 10.2. The Labute approximate surface area is 161 Å². The zero-order valence-corrected chi connectivity index (χ0v) is 16.4. The van der Waals surface area contributed by atoms with Gasteiger partial charge in [0, 0.05) is 29.0 Å². The zero-order chi connectivity index (χ0) is 18.1. The maximum atomic E-state index is 12.5. The predicted molar refractivity (Wildman–Crippen MR) is 105 cm³/mol. The minimum Gasteiger partial charge on any atom is -0.385 e. The highest BCUT2D eigenvalue weighted by Gasteiger charge is 2.35. The van der Waals surface area contributed by atoms with Crippen LogP contribution in [0.2, 0.25) is 0 Å². The van der Waals surface area contributed by atoms with Crippen molar-refractivity contribution in [1.82, 2.24) is 4.57 Å². The molecular weight excluding hydrogens is 396 g/mol. The third-order valence-corrected chi connectivity index (χ3v) is 6.30. The number of aryl methyl sites for hydroxylation is 1. The van der Waals surface area contributed by atoms with E-state index in [0.29, 0.717) is 38.5 Å². The molecule has 2 N–H and O–H groups in total. The molecule has 2 aliphatic rings. The minimum atomic E-state index is -0.714. The van der Waals surface area contributed by atoms with E-state index in [2.05, 4.69) is 25.8 Å². The molecule has 140 valence electrons. The van der Waals surface area contributed by atoms with Gasteiger partial charge in [-0.25, -0.2) is 0 Å². The highest BCUT2D eigenvalue weighted by molar-refractivity contribution is 9.10. The number of aliphatic hydroxyl groups is 1. The van der Waals surface area contributed by atoms with E-state index in [1.807, 2.05) is 24.4 Å². The molecule has 4 rings (SSSR count). The van der Waals surface area contributed by atoms with E-state index < -0.39 is 5.60 Å². The molecule has 0 unspecified atom stereocenters. The second kappa shape index (κ2) is 7.33. The van der Waals surface area contributed by atoms with Crippen molar-refractivity contribution < 1.29 is 14.6 Å². The SMILES string of the molecule is O=C(CC1CCCC1)Nc1cn(CCC2(O)COC2)c2cccc(Br)c12. The summed E-state index contributed by atoms with van der Waals surface area (Å²) in [7, 11) is 0. The molecule has 1 amide bonds. The predicted octanol–water partition coefficient (Wildman–Crippen LogP) is 4.07. The van der Waals surface area contributed by atoms with Gasteiger partial charge in [-0.3, -0.25) is 4.79 Å². The zero-order valence-electron chi connectivity index (χ0n) is 14.8. The number of rotatable bonds is 6. The van der Waals surface area contributed by atoms with Crippen molar-refractivity contribution in [2.75, 3.05) is 18.5 Å². The van der Waals surface area contributed by atoms with Gasteiger partial charge in [-0.05, 0) is 37.3 Å². The third kappa shape index (κ3) is 3.68. The summed E-state index contributed by atoms with van der Waals surface area (Å²) in [6, 6.07) is 6.04. The highest BCUT2D eigenvalue weighted by atomic mass is 79.9. The molecule has 0 radical (unpaired) electrons. The summed E-state index contributed by atoms with van der Waals surface area (Å²) in [5, 5.41) is 14.4. The summed E-state index contributed by atoms with van der Waals surface area (Å²) in [5.41, 5.74) is 1.18. The van der Waals surface area contributed by atoms with Crippen LogP contribution in [0.25, 0.3) is 10.9 Å². The van der Waals surface area contributed by atoms with Crippen LogP contribution in [0.5, 0.6) is 0 Å². The number of halogens is 1. The number of nitrogens with zero attached hydrogens (tertiary/aromatic N) is 1. The van der Waals surface area contributed by atoms with E-state index >= 15 is 0 Å². The Bertz CT molecular complexity index is 807. The Morgan fingerprint density at radius 3 is 2.81 bits per heavy atom. The molecule has 6 heteroatoms. The molecule has 1 saturated heterocycles. The summed E-state index contributed by atoms with van der Waals surface area (Å²) < 4.78 is 8.21. The number of carbonyl (C=O) groups excluding carboxylic acids is 1. The van der Waals surface area contributed by atoms with Crippen LogP contribution in [-0.2, 0) is 16.1 Å². The van der Waals surface area contributed by atoms with Crippen molar-refractivity contribution in [3.8, 4) is 0 Å². The number of carbonyl (C=O) groups is 1. The van der Waals surface area contributed by atoms with E-state index in [1.165, 1.54) is 25.7 Å². The Morgan fingerprint density at radius 2 is 2.12 bits per heavy atom. The summed E-state index contributed by atoms with van der Waals surface area (Å²) in [6.07, 6.45) is 8.06. The molecule has 5 nitrogen and oxygen atoms in total. The number of hydrogen-bond donors (Lipinski definition) is 2. The number of hydrogen-bond acceptors (Lipinski definition) is 3. The van der Waals surface area contributed by atoms with Crippen LogP contribution >= 0.6 is 15.9 Å².